The molecule has 0 fully saturated rings. The number of nitrogens with one attached hydrogen (secondary N) is 4. The van der Waals surface area contributed by atoms with Gasteiger partial charge in [0.25, 0.3) is 0 Å². The molecule has 0 aromatic rings. The number of ether oxygens (including phenoxy) is 1. The molecule has 194 valence electrons. The summed E-state index contributed by atoms with van der Waals surface area (Å²) in [4.78, 5) is 52.1. The first-order chi connectivity index (χ1) is 16.5. The van der Waals surface area contributed by atoms with Crippen LogP contribution in [0, 0.1) is 11.8 Å². The number of allylic oxidation sites excluding steroid dienone is 2. The van der Waals surface area contributed by atoms with Crippen LogP contribution in [0.15, 0.2) is 35.2 Å². The number of amides is 3. The van der Waals surface area contributed by atoms with Crippen molar-refractivity contribution in [3.8, 4) is 0 Å². The number of rotatable bonds is 4. The van der Waals surface area contributed by atoms with Crippen LogP contribution in [0.3, 0.4) is 0 Å². The molecule has 9 nitrogen and oxygen atoms in total. The smallest absolute Gasteiger partial charge is 0.329 e. The molecule has 2 aliphatic heterocycles. The van der Waals surface area contributed by atoms with Crippen LogP contribution >= 0.6 is 25.3 Å². The van der Waals surface area contributed by atoms with Gasteiger partial charge >= 0.3 is 5.97 Å². The molecular formula is C24H36N4O5S2. The van der Waals surface area contributed by atoms with Gasteiger partial charge < -0.3 is 26.0 Å². The number of fused-ring (bicyclic) bond motifs is 2. The molecule has 0 aromatic carbocycles. The van der Waals surface area contributed by atoms with E-state index in [1.807, 2.05) is 13.8 Å². The Labute approximate surface area is 217 Å². The average Bonchev–Trinajstić information content (AvgIpc) is 2.85. The molecule has 0 aliphatic carbocycles. The Morgan fingerprint density at radius 2 is 1.66 bits per heavy atom. The lowest BCUT2D eigenvalue weighted by molar-refractivity contribution is -0.151. The van der Waals surface area contributed by atoms with Gasteiger partial charge in [-0.25, -0.2) is 4.79 Å². The standard InChI is InChI=1S/C24H36N4O5S2/c1-6-16-21-14(10-34)7-8-15(33-24(32)20(28-21)13(4)5)9-18(29)27-19(12(2)3)23(31)26-17(11-35)22(30)25-16/h6-8,12-13,15,17,19-20,28,34-35H,9-11H2,1-5H3,(H,25,30)(H,26,31)(H,27,29)/b8-7-,16-6-,21-14+/t15-,17-,19-,20+/m1/s1. The second-order valence-electron chi connectivity index (χ2n) is 9.19. The Kier molecular flexibility index (Phi) is 10.8. The van der Waals surface area contributed by atoms with Gasteiger partial charge in [-0.1, -0.05) is 39.8 Å². The molecule has 0 aromatic heterocycles. The molecule has 35 heavy (non-hydrogen) atoms. The molecule has 2 aliphatic rings. The molecule has 0 unspecified atom stereocenters. The van der Waals surface area contributed by atoms with E-state index in [9.17, 15) is 19.2 Å². The largest absolute Gasteiger partial charge is 0.456 e. The van der Waals surface area contributed by atoms with Gasteiger partial charge in [0.15, 0.2) is 0 Å². The third-order valence-corrected chi connectivity index (χ3v) is 6.48. The van der Waals surface area contributed by atoms with E-state index in [1.54, 1.807) is 39.0 Å². The number of carbonyl (C=O) groups is 4. The van der Waals surface area contributed by atoms with Crippen molar-refractivity contribution in [2.24, 2.45) is 11.8 Å². The van der Waals surface area contributed by atoms with Gasteiger partial charge in [0, 0.05) is 11.5 Å². The summed E-state index contributed by atoms with van der Waals surface area (Å²) >= 11 is 8.71. The van der Waals surface area contributed by atoms with Crippen LogP contribution in [-0.4, -0.2) is 59.4 Å². The summed E-state index contributed by atoms with van der Waals surface area (Å²) in [5.41, 5.74) is 1.62. The molecule has 4 N–H and O–H groups in total. The van der Waals surface area contributed by atoms with E-state index in [-0.39, 0.29) is 29.8 Å². The summed E-state index contributed by atoms with van der Waals surface area (Å²) in [6.45, 7) is 9.07. The second kappa shape index (κ2) is 13.1. The Balaban J connectivity index is 2.67. The lowest BCUT2D eigenvalue weighted by atomic mass is 10.0. The maximum Gasteiger partial charge on any atom is 0.329 e. The highest BCUT2D eigenvalue weighted by Gasteiger charge is 2.33. The molecular weight excluding hydrogens is 488 g/mol. The minimum Gasteiger partial charge on any atom is -0.456 e. The van der Waals surface area contributed by atoms with Crippen molar-refractivity contribution in [2.45, 2.75) is 65.3 Å². The van der Waals surface area contributed by atoms with Gasteiger partial charge in [-0.15, -0.1) is 0 Å². The third kappa shape index (κ3) is 7.54. The highest BCUT2D eigenvalue weighted by Crippen LogP contribution is 2.21. The summed E-state index contributed by atoms with van der Waals surface area (Å²) in [5, 5.41) is 11.5. The molecule has 11 heteroatoms. The predicted molar refractivity (Wildman–Crippen MR) is 141 cm³/mol. The Morgan fingerprint density at radius 3 is 2.20 bits per heavy atom. The predicted octanol–water partition coefficient (Wildman–Crippen LogP) is 1.25. The fraction of sp³-hybridized carbons (Fsp3) is 0.583. The molecule has 2 heterocycles. The van der Waals surface area contributed by atoms with E-state index >= 15 is 0 Å². The first-order valence-corrected chi connectivity index (χ1v) is 13.0. The van der Waals surface area contributed by atoms with Crippen molar-refractivity contribution >= 4 is 48.9 Å². The number of hydrogen-bond acceptors (Lipinski definition) is 8. The van der Waals surface area contributed by atoms with Gasteiger partial charge in [0.05, 0.1) is 17.8 Å². The van der Waals surface area contributed by atoms with E-state index in [2.05, 4.69) is 46.5 Å². The summed E-state index contributed by atoms with van der Waals surface area (Å²) in [6, 6.07) is -2.58. The van der Waals surface area contributed by atoms with Crippen LogP contribution in [-0.2, 0) is 23.9 Å². The van der Waals surface area contributed by atoms with Crippen LogP contribution in [0.25, 0.3) is 0 Å². The van der Waals surface area contributed by atoms with Gasteiger partial charge in [-0.05, 0) is 30.4 Å². The molecule has 4 atom stereocenters. The highest BCUT2D eigenvalue weighted by molar-refractivity contribution is 7.80. The molecule has 0 radical (unpaired) electrons. The molecule has 2 rings (SSSR count). The molecule has 0 saturated heterocycles. The van der Waals surface area contributed by atoms with Crippen molar-refractivity contribution in [2.75, 3.05) is 11.5 Å². The molecule has 0 spiro atoms. The maximum absolute atomic E-state index is 13.2. The Bertz CT molecular complexity index is 929. The van der Waals surface area contributed by atoms with Crippen molar-refractivity contribution in [1.82, 2.24) is 21.3 Å². The monoisotopic (exact) mass is 524 g/mol. The lowest BCUT2D eigenvalue weighted by Gasteiger charge is -2.29. The molecule has 0 saturated carbocycles. The highest BCUT2D eigenvalue weighted by atomic mass is 32.1. The van der Waals surface area contributed by atoms with Crippen molar-refractivity contribution < 1.29 is 23.9 Å². The van der Waals surface area contributed by atoms with Crippen LogP contribution in [0.5, 0.6) is 0 Å². The zero-order chi connectivity index (χ0) is 26.3. The van der Waals surface area contributed by atoms with Crippen LogP contribution < -0.4 is 21.3 Å². The summed E-state index contributed by atoms with van der Waals surface area (Å²) in [7, 11) is 0. The minimum atomic E-state index is -0.952. The van der Waals surface area contributed by atoms with E-state index in [0.717, 1.165) is 0 Å². The summed E-state index contributed by atoms with van der Waals surface area (Å²) in [6.07, 6.45) is 4.05. The molecule has 2 bridgehead atoms. The number of carbonyl (C=O) groups excluding carboxylic acids is 4. The zero-order valence-electron chi connectivity index (χ0n) is 20.8. The van der Waals surface area contributed by atoms with Crippen molar-refractivity contribution in [3.63, 3.8) is 0 Å². The Morgan fingerprint density at radius 1 is 1.00 bits per heavy atom. The van der Waals surface area contributed by atoms with E-state index in [4.69, 9.17) is 4.74 Å². The third-order valence-electron chi connectivity index (χ3n) is 5.78. The topological polar surface area (TPSA) is 126 Å². The zero-order valence-corrected chi connectivity index (χ0v) is 22.5. The van der Waals surface area contributed by atoms with Gasteiger partial charge in [-0.3, -0.25) is 14.4 Å². The Hall–Kier alpha value is -2.40. The van der Waals surface area contributed by atoms with Crippen LogP contribution in [0.2, 0.25) is 0 Å². The maximum atomic E-state index is 13.2. The minimum absolute atomic E-state index is 0.0438. The van der Waals surface area contributed by atoms with Gasteiger partial charge in [-0.2, -0.15) is 25.3 Å². The normalized spacial score (nSPS) is 30.9. The van der Waals surface area contributed by atoms with Gasteiger partial charge in [0.1, 0.15) is 24.2 Å². The number of thiol groups is 2. The van der Waals surface area contributed by atoms with E-state index in [1.165, 1.54) is 0 Å². The first-order valence-electron chi connectivity index (χ1n) is 11.7. The summed E-state index contributed by atoms with van der Waals surface area (Å²) in [5.74, 6) is -2.05. The number of esters is 1. The van der Waals surface area contributed by atoms with E-state index in [0.29, 0.717) is 17.0 Å². The first kappa shape index (κ1) is 28.8. The van der Waals surface area contributed by atoms with Crippen LogP contribution in [0.1, 0.15) is 41.0 Å². The number of hydrogen-bond donors (Lipinski definition) is 6. The van der Waals surface area contributed by atoms with E-state index < -0.39 is 47.9 Å². The quantitative estimate of drug-likeness (QED) is 0.243. The summed E-state index contributed by atoms with van der Waals surface area (Å²) < 4.78 is 5.68. The van der Waals surface area contributed by atoms with Crippen molar-refractivity contribution in [1.29, 1.82) is 0 Å². The lowest BCUT2D eigenvalue weighted by Crippen LogP contribution is -2.56. The van der Waals surface area contributed by atoms with Crippen molar-refractivity contribution in [3.05, 3.63) is 35.2 Å². The average molecular weight is 525 g/mol. The van der Waals surface area contributed by atoms with Gasteiger partial charge in [0.2, 0.25) is 17.7 Å². The van der Waals surface area contributed by atoms with Crippen LogP contribution in [0.4, 0.5) is 0 Å². The fourth-order valence-corrected chi connectivity index (χ4v) is 4.23. The SMILES string of the molecule is C\C=C1NC(=O)[C@@H](CS)NC(=O)[C@@H](C(C)C)NC(=O)C[C@H]2\C=C/C(CS)=C/1N[C@@H](C(C)C)C(=O)O2. The molecule has 3 amide bonds. The fourth-order valence-electron chi connectivity index (χ4n) is 3.71. The second-order valence-corrected chi connectivity index (χ2v) is 9.87.